The number of para-hydroxylation sites is 1. The zero-order valence-electron chi connectivity index (χ0n) is 13.3. The highest BCUT2D eigenvalue weighted by Gasteiger charge is 2.19. The Morgan fingerprint density at radius 2 is 2.00 bits per heavy atom. The minimum atomic E-state index is -0.412. The van der Waals surface area contributed by atoms with E-state index in [-0.39, 0.29) is 17.4 Å². The third-order valence-electron chi connectivity index (χ3n) is 3.61. The molecular weight excluding hydrogens is 404 g/mol. The molecule has 0 bridgehead atoms. The second kappa shape index (κ2) is 7.33. The lowest BCUT2D eigenvalue weighted by Crippen LogP contribution is -2.14. The molecule has 1 heterocycles. The zero-order valence-corrected chi connectivity index (χ0v) is 15.7. The number of primary amides is 1. The van der Waals surface area contributed by atoms with Crippen molar-refractivity contribution < 1.29 is 14.0 Å². The van der Waals surface area contributed by atoms with E-state index in [0.717, 1.165) is 20.3 Å². The maximum Gasteiger partial charge on any atom is 0.291 e. The molecule has 0 aliphatic heterocycles. The minimum absolute atomic E-state index is 0.143. The number of rotatable bonds is 5. The van der Waals surface area contributed by atoms with Crippen molar-refractivity contribution in [3.05, 3.63) is 58.3 Å². The van der Waals surface area contributed by atoms with Crippen LogP contribution in [0.4, 0.5) is 5.69 Å². The van der Waals surface area contributed by atoms with Crippen LogP contribution in [0.5, 0.6) is 0 Å². The van der Waals surface area contributed by atoms with Gasteiger partial charge in [-0.3, -0.25) is 9.59 Å². The molecular formula is C18H15BrN2O3S. The monoisotopic (exact) mass is 418 g/mol. The molecule has 25 heavy (non-hydrogen) atoms. The third kappa shape index (κ3) is 3.88. The Hall–Kier alpha value is -2.25. The summed E-state index contributed by atoms with van der Waals surface area (Å²) >= 11 is 4.70. The zero-order chi connectivity index (χ0) is 18.0. The minimum Gasteiger partial charge on any atom is -0.451 e. The second-order valence-corrected chi connectivity index (χ2v) is 7.33. The molecule has 0 fully saturated rings. The van der Waals surface area contributed by atoms with Gasteiger partial charge in [0, 0.05) is 20.3 Å². The second-order valence-electron chi connectivity index (χ2n) is 5.40. The molecule has 3 rings (SSSR count). The summed E-state index contributed by atoms with van der Waals surface area (Å²) < 4.78 is 6.63. The van der Waals surface area contributed by atoms with E-state index in [1.54, 1.807) is 6.07 Å². The molecule has 128 valence electrons. The molecule has 0 aliphatic carbocycles. The summed E-state index contributed by atoms with van der Waals surface area (Å²) in [6.45, 7) is 1.85. The van der Waals surface area contributed by atoms with Gasteiger partial charge in [-0.15, -0.1) is 11.8 Å². The van der Waals surface area contributed by atoms with E-state index in [9.17, 15) is 9.59 Å². The van der Waals surface area contributed by atoms with E-state index in [2.05, 4.69) is 21.2 Å². The first-order chi connectivity index (χ1) is 12.0. The number of fused-ring (bicyclic) bond motifs is 1. The Morgan fingerprint density at radius 3 is 2.76 bits per heavy atom. The van der Waals surface area contributed by atoms with Crippen LogP contribution in [0, 0.1) is 6.92 Å². The van der Waals surface area contributed by atoms with E-state index >= 15 is 0 Å². The van der Waals surface area contributed by atoms with Gasteiger partial charge < -0.3 is 15.5 Å². The van der Waals surface area contributed by atoms with Gasteiger partial charge in [0.2, 0.25) is 5.91 Å². The summed E-state index contributed by atoms with van der Waals surface area (Å²) in [6, 6.07) is 12.8. The number of hydrogen-bond donors (Lipinski definition) is 2. The first-order valence-corrected chi connectivity index (χ1v) is 9.23. The number of thioether (sulfide) groups is 1. The smallest absolute Gasteiger partial charge is 0.291 e. The average Bonchev–Trinajstić information content (AvgIpc) is 2.90. The topological polar surface area (TPSA) is 85.3 Å². The molecule has 3 N–H and O–H groups in total. The van der Waals surface area contributed by atoms with Crippen molar-refractivity contribution in [1.82, 2.24) is 0 Å². The molecule has 1 aromatic heterocycles. The summed E-state index contributed by atoms with van der Waals surface area (Å²) in [4.78, 5) is 24.4. The van der Waals surface area contributed by atoms with Crippen molar-refractivity contribution in [2.75, 3.05) is 11.1 Å². The van der Waals surface area contributed by atoms with Crippen molar-refractivity contribution in [2.24, 2.45) is 5.73 Å². The summed E-state index contributed by atoms with van der Waals surface area (Å²) in [6.07, 6.45) is 0. The highest BCUT2D eigenvalue weighted by Crippen LogP contribution is 2.30. The fourth-order valence-electron chi connectivity index (χ4n) is 2.43. The number of hydrogen-bond acceptors (Lipinski definition) is 4. The van der Waals surface area contributed by atoms with Gasteiger partial charge in [0.05, 0.1) is 11.4 Å². The number of benzene rings is 2. The molecule has 0 atom stereocenters. The summed E-state index contributed by atoms with van der Waals surface area (Å²) in [5.74, 6) is -0.338. The largest absolute Gasteiger partial charge is 0.451 e. The molecule has 2 aromatic carbocycles. The average molecular weight is 419 g/mol. The molecule has 0 saturated heterocycles. The first kappa shape index (κ1) is 17.6. The molecule has 0 unspecified atom stereocenters. The van der Waals surface area contributed by atoms with Crippen LogP contribution in [-0.4, -0.2) is 17.6 Å². The number of carbonyl (C=O) groups excluding carboxylic acids is 2. The van der Waals surface area contributed by atoms with Crippen LogP contribution in [0.15, 0.2) is 56.2 Å². The van der Waals surface area contributed by atoms with Gasteiger partial charge in [0.15, 0.2) is 5.76 Å². The van der Waals surface area contributed by atoms with Gasteiger partial charge in [-0.25, -0.2) is 0 Å². The normalized spacial score (nSPS) is 10.8. The molecule has 0 saturated carbocycles. The van der Waals surface area contributed by atoms with Crippen LogP contribution < -0.4 is 11.1 Å². The Bertz CT molecular complexity index is 968. The standard InChI is InChI=1S/C18H15BrN2O3S/c1-10-12-8-11(19)6-7-14(12)24-17(10)18(23)21-13-4-2-3-5-15(13)25-9-16(20)22/h2-8H,9H2,1H3,(H2,20,22)(H,21,23). The van der Waals surface area contributed by atoms with E-state index in [4.69, 9.17) is 10.2 Å². The maximum atomic E-state index is 12.7. The number of nitrogens with two attached hydrogens (primary N) is 1. The lowest BCUT2D eigenvalue weighted by Gasteiger charge is -2.09. The summed E-state index contributed by atoms with van der Waals surface area (Å²) in [5.41, 5.74) is 7.23. The lowest BCUT2D eigenvalue weighted by molar-refractivity contribution is -0.115. The quantitative estimate of drug-likeness (QED) is 0.603. The first-order valence-electron chi connectivity index (χ1n) is 7.46. The molecule has 0 radical (unpaired) electrons. The number of anilines is 1. The summed E-state index contributed by atoms with van der Waals surface area (Å²) in [7, 11) is 0. The number of furan rings is 1. The Morgan fingerprint density at radius 1 is 1.24 bits per heavy atom. The predicted molar refractivity (Wildman–Crippen MR) is 103 cm³/mol. The van der Waals surface area contributed by atoms with Crippen molar-refractivity contribution in [2.45, 2.75) is 11.8 Å². The number of carbonyl (C=O) groups is 2. The SMILES string of the molecule is Cc1c(C(=O)Nc2ccccc2SCC(N)=O)oc2ccc(Br)cc12. The van der Waals surface area contributed by atoms with Crippen molar-refractivity contribution in [3.8, 4) is 0 Å². The maximum absolute atomic E-state index is 12.7. The molecule has 2 amide bonds. The van der Waals surface area contributed by atoms with Crippen molar-refractivity contribution in [3.63, 3.8) is 0 Å². The van der Waals surface area contributed by atoms with E-state index in [1.807, 2.05) is 43.3 Å². The molecule has 7 heteroatoms. The predicted octanol–water partition coefficient (Wildman–Crippen LogP) is 4.33. The van der Waals surface area contributed by atoms with Gasteiger partial charge in [0.1, 0.15) is 5.58 Å². The van der Waals surface area contributed by atoms with Gasteiger partial charge >= 0.3 is 0 Å². The van der Waals surface area contributed by atoms with Crippen LogP contribution in [0.2, 0.25) is 0 Å². The van der Waals surface area contributed by atoms with Gasteiger partial charge in [-0.2, -0.15) is 0 Å². The molecule has 5 nitrogen and oxygen atoms in total. The Kier molecular flexibility index (Phi) is 5.15. The third-order valence-corrected chi connectivity index (χ3v) is 5.20. The fraction of sp³-hybridized carbons (Fsp3) is 0.111. The number of nitrogens with one attached hydrogen (secondary N) is 1. The highest BCUT2D eigenvalue weighted by molar-refractivity contribution is 9.10. The van der Waals surface area contributed by atoms with Crippen LogP contribution in [0.25, 0.3) is 11.0 Å². The highest BCUT2D eigenvalue weighted by atomic mass is 79.9. The molecule has 0 spiro atoms. The van der Waals surface area contributed by atoms with Crippen LogP contribution >= 0.6 is 27.7 Å². The van der Waals surface area contributed by atoms with Crippen molar-refractivity contribution in [1.29, 1.82) is 0 Å². The number of amides is 2. The van der Waals surface area contributed by atoms with Gasteiger partial charge in [0.25, 0.3) is 5.91 Å². The number of halogens is 1. The summed E-state index contributed by atoms with van der Waals surface area (Å²) in [5, 5.41) is 3.73. The lowest BCUT2D eigenvalue weighted by atomic mass is 10.1. The van der Waals surface area contributed by atoms with Gasteiger partial charge in [-0.1, -0.05) is 28.1 Å². The Labute approximate surface area is 157 Å². The fourth-order valence-corrected chi connectivity index (χ4v) is 3.54. The van der Waals surface area contributed by atoms with Crippen LogP contribution in [0.3, 0.4) is 0 Å². The van der Waals surface area contributed by atoms with E-state index in [0.29, 0.717) is 11.3 Å². The van der Waals surface area contributed by atoms with Crippen LogP contribution in [-0.2, 0) is 4.79 Å². The molecule has 3 aromatic rings. The molecule has 0 aliphatic rings. The van der Waals surface area contributed by atoms with Crippen molar-refractivity contribution >= 4 is 56.2 Å². The number of aryl methyl sites for hydroxylation is 1. The van der Waals surface area contributed by atoms with Gasteiger partial charge in [-0.05, 0) is 37.3 Å². The van der Waals surface area contributed by atoms with E-state index in [1.165, 1.54) is 11.8 Å². The Balaban J connectivity index is 1.88. The van der Waals surface area contributed by atoms with Crippen LogP contribution in [0.1, 0.15) is 16.1 Å². The van der Waals surface area contributed by atoms with E-state index < -0.39 is 5.91 Å².